The van der Waals surface area contributed by atoms with Crippen LogP contribution in [0.2, 0.25) is 0 Å². The minimum atomic E-state index is -4.70. The molecule has 0 aliphatic carbocycles. The van der Waals surface area contributed by atoms with Gasteiger partial charge in [-0.2, -0.15) is 23.0 Å². The van der Waals surface area contributed by atoms with Gasteiger partial charge in [-0.1, -0.05) is 0 Å². The maximum Gasteiger partial charge on any atom is 0.504 e. The smallest absolute Gasteiger partial charge is 0.467 e. The summed E-state index contributed by atoms with van der Waals surface area (Å²) in [6, 6.07) is 0. The number of halogens is 6. The predicted octanol–water partition coefficient (Wildman–Crippen LogP) is 2.76. The summed E-state index contributed by atoms with van der Waals surface area (Å²) >= 11 is 0. The van der Waals surface area contributed by atoms with Crippen molar-refractivity contribution >= 4 is 0 Å². The van der Waals surface area contributed by atoms with Gasteiger partial charge in [0.15, 0.2) is 6.61 Å². The fourth-order valence-corrected chi connectivity index (χ4v) is 1.31. The normalized spacial score (nSPS) is 12.5. The van der Waals surface area contributed by atoms with E-state index < -0.39 is 25.0 Å². The Bertz CT molecular complexity index is 620. The highest BCUT2D eigenvalue weighted by Gasteiger charge is 2.32. The van der Waals surface area contributed by atoms with Crippen LogP contribution in [-0.2, 0) is 6.30 Å². The molecule has 0 aliphatic heterocycles. The molecule has 0 bridgehead atoms. The molecule has 114 valence electrons. The Morgan fingerprint density at radius 3 is 2.33 bits per heavy atom. The van der Waals surface area contributed by atoms with E-state index in [1.165, 1.54) is 0 Å². The van der Waals surface area contributed by atoms with Crippen molar-refractivity contribution in [3.8, 4) is 17.1 Å². The molecule has 0 amide bonds. The first kappa shape index (κ1) is 15.1. The van der Waals surface area contributed by atoms with Crippen LogP contribution in [0.5, 0.6) is 5.88 Å². The van der Waals surface area contributed by atoms with Gasteiger partial charge in [0.25, 0.3) is 0 Å². The third-order valence-corrected chi connectivity index (χ3v) is 2.13. The predicted molar refractivity (Wildman–Crippen MR) is 56.1 cm³/mol. The lowest BCUT2D eigenvalue weighted by atomic mass is 10.3. The van der Waals surface area contributed by atoms with Crippen LogP contribution in [0.25, 0.3) is 11.3 Å². The van der Waals surface area contributed by atoms with E-state index in [-0.39, 0.29) is 15.9 Å². The van der Waals surface area contributed by atoms with Gasteiger partial charge in [-0.3, -0.25) is 4.98 Å². The molecule has 0 spiro atoms. The van der Waals surface area contributed by atoms with Gasteiger partial charge in [0.2, 0.25) is 5.88 Å². The van der Waals surface area contributed by atoms with Crippen LogP contribution in [0.1, 0.15) is 0 Å². The van der Waals surface area contributed by atoms with Crippen LogP contribution in [-0.4, -0.2) is 32.5 Å². The fraction of sp³-hybridized carbons (Fsp3) is 0.300. The lowest BCUT2D eigenvalue weighted by molar-refractivity contribution is -0.212. The molecule has 0 saturated carbocycles. The third kappa shape index (κ3) is 4.07. The third-order valence-electron chi connectivity index (χ3n) is 2.13. The van der Waals surface area contributed by atoms with Crippen molar-refractivity contribution in [3.63, 3.8) is 0 Å². The molecule has 5 nitrogen and oxygen atoms in total. The van der Waals surface area contributed by atoms with E-state index in [0.29, 0.717) is 6.20 Å². The molecule has 0 unspecified atom stereocenters. The molecule has 2 heterocycles. The van der Waals surface area contributed by atoms with Crippen LogP contribution in [0.4, 0.5) is 26.3 Å². The average molecular weight is 312 g/mol. The van der Waals surface area contributed by atoms with E-state index >= 15 is 0 Å². The number of alkyl halides is 6. The molecule has 0 N–H and O–H groups in total. The van der Waals surface area contributed by atoms with E-state index in [2.05, 4.69) is 19.8 Å². The summed E-state index contributed by atoms with van der Waals surface area (Å²) in [6.07, 6.45) is -5.75. The van der Waals surface area contributed by atoms with Crippen LogP contribution in [0.15, 0.2) is 24.8 Å². The maximum atomic E-state index is 12.4. The molecular weight excluding hydrogens is 306 g/mol. The van der Waals surface area contributed by atoms with E-state index in [4.69, 9.17) is 0 Å². The van der Waals surface area contributed by atoms with E-state index in [1.807, 2.05) is 0 Å². The minimum Gasteiger partial charge on any atom is -0.467 e. The molecule has 2 rings (SSSR count). The number of hydrogen-bond donors (Lipinski definition) is 0. The van der Waals surface area contributed by atoms with Gasteiger partial charge in [-0.25, -0.2) is 4.98 Å². The van der Waals surface area contributed by atoms with E-state index in [1.54, 1.807) is 0 Å². The molecule has 0 aromatic carbocycles. The average Bonchev–Trinajstić information content (AvgIpc) is 2.85. The van der Waals surface area contributed by atoms with Gasteiger partial charge < -0.3 is 4.74 Å². The van der Waals surface area contributed by atoms with Crippen LogP contribution in [0, 0.1) is 0 Å². The largest absolute Gasteiger partial charge is 0.504 e. The molecule has 0 atom stereocenters. The second kappa shape index (κ2) is 5.22. The highest BCUT2D eigenvalue weighted by Crippen LogP contribution is 2.25. The summed E-state index contributed by atoms with van der Waals surface area (Å²) in [5.41, 5.74) is -0.151. The Morgan fingerprint density at radius 2 is 1.76 bits per heavy atom. The van der Waals surface area contributed by atoms with Crippen molar-refractivity contribution in [2.45, 2.75) is 12.5 Å². The first-order valence-electron chi connectivity index (χ1n) is 5.29. The molecule has 11 heteroatoms. The van der Waals surface area contributed by atoms with Gasteiger partial charge in [-0.15, -0.1) is 13.2 Å². The summed E-state index contributed by atoms with van der Waals surface area (Å²) in [4.78, 5) is 7.20. The molecular formula is C10H6F6N4O. The minimum absolute atomic E-state index is 0.0581. The molecule has 2 aromatic rings. The van der Waals surface area contributed by atoms with Crippen molar-refractivity contribution in [2.75, 3.05) is 6.61 Å². The summed E-state index contributed by atoms with van der Waals surface area (Å²) in [5.74, 6) is -0.454. The van der Waals surface area contributed by atoms with Gasteiger partial charge in [0.05, 0.1) is 24.3 Å². The lowest BCUT2D eigenvalue weighted by Crippen LogP contribution is -2.19. The quantitative estimate of drug-likeness (QED) is 0.818. The Morgan fingerprint density at radius 1 is 1.05 bits per heavy atom. The van der Waals surface area contributed by atoms with Crippen molar-refractivity contribution in [2.24, 2.45) is 0 Å². The highest BCUT2D eigenvalue weighted by molar-refractivity contribution is 5.56. The Labute approximate surface area is 113 Å². The monoisotopic (exact) mass is 312 g/mol. The molecule has 2 aromatic heterocycles. The van der Waals surface area contributed by atoms with Gasteiger partial charge in [0.1, 0.15) is 0 Å². The van der Waals surface area contributed by atoms with Crippen LogP contribution >= 0.6 is 0 Å². The van der Waals surface area contributed by atoms with Crippen molar-refractivity contribution in [1.82, 2.24) is 19.7 Å². The number of nitrogens with zero attached hydrogens (tertiary/aromatic N) is 4. The standard InChI is InChI=1S/C10H6F6N4O/c11-9(12,13)5-21-8-3-17-2-7(19-8)6-1-18-20(4-6)10(14,15)16/h1-4H,5H2. The number of rotatable bonds is 3. The highest BCUT2D eigenvalue weighted by atomic mass is 19.4. The molecule has 0 saturated heterocycles. The van der Waals surface area contributed by atoms with Crippen molar-refractivity contribution in [3.05, 3.63) is 24.8 Å². The van der Waals surface area contributed by atoms with Gasteiger partial charge in [-0.05, 0) is 0 Å². The SMILES string of the molecule is FC(F)(F)COc1cncc(-c2cnn(C(F)(F)F)c2)n1. The first-order valence-corrected chi connectivity index (χ1v) is 5.29. The van der Waals surface area contributed by atoms with E-state index in [9.17, 15) is 26.3 Å². The topological polar surface area (TPSA) is 52.8 Å². The number of aromatic nitrogens is 4. The second-order valence-electron chi connectivity index (χ2n) is 3.79. The number of ether oxygens (including phenoxy) is 1. The Kier molecular flexibility index (Phi) is 3.75. The van der Waals surface area contributed by atoms with Crippen LogP contribution in [0.3, 0.4) is 0 Å². The van der Waals surface area contributed by atoms with E-state index in [0.717, 1.165) is 18.6 Å². The summed E-state index contributed by atoms with van der Waals surface area (Å²) < 4.78 is 77.2. The lowest BCUT2D eigenvalue weighted by Gasteiger charge is -2.08. The molecule has 0 fully saturated rings. The molecule has 0 aliphatic rings. The maximum absolute atomic E-state index is 12.4. The number of hydrogen-bond acceptors (Lipinski definition) is 4. The summed E-state index contributed by atoms with van der Waals surface area (Å²) in [6.45, 7) is -1.58. The first-order chi connectivity index (χ1) is 9.65. The Balaban J connectivity index is 2.19. The molecule has 21 heavy (non-hydrogen) atoms. The zero-order valence-corrected chi connectivity index (χ0v) is 9.98. The van der Waals surface area contributed by atoms with Crippen molar-refractivity contribution < 1.29 is 31.1 Å². The van der Waals surface area contributed by atoms with Gasteiger partial charge >= 0.3 is 12.5 Å². The summed E-state index contributed by atoms with van der Waals surface area (Å²) in [5, 5.41) is 3.08. The molecule has 0 radical (unpaired) electrons. The Hall–Kier alpha value is -2.33. The fourth-order valence-electron chi connectivity index (χ4n) is 1.31. The zero-order valence-electron chi connectivity index (χ0n) is 9.98. The van der Waals surface area contributed by atoms with Crippen molar-refractivity contribution in [1.29, 1.82) is 0 Å². The zero-order chi connectivity index (χ0) is 15.7. The van der Waals surface area contributed by atoms with Crippen LogP contribution < -0.4 is 4.74 Å². The second-order valence-corrected chi connectivity index (χ2v) is 3.79. The summed E-state index contributed by atoms with van der Waals surface area (Å²) in [7, 11) is 0. The van der Waals surface area contributed by atoms with Gasteiger partial charge in [0, 0.05) is 11.8 Å².